The number of nitrogens with one attached hydrogen (secondary N) is 1. The fourth-order valence-corrected chi connectivity index (χ4v) is 5.02. The number of sulfonamides is 1. The van der Waals surface area contributed by atoms with E-state index in [-0.39, 0.29) is 10.8 Å². The number of aromatic amines is 1. The van der Waals surface area contributed by atoms with E-state index in [0.29, 0.717) is 16.3 Å². The van der Waals surface area contributed by atoms with E-state index in [2.05, 4.69) is 26.8 Å². The summed E-state index contributed by atoms with van der Waals surface area (Å²) >= 11 is 0. The van der Waals surface area contributed by atoms with Gasteiger partial charge < -0.3 is 14.9 Å². The predicted octanol–water partition coefficient (Wildman–Crippen LogP) is 3.55. The first kappa shape index (κ1) is 26.4. The second-order valence-electron chi connectivity index (χ2n) is 9.53. The smallest absolute Gasteiger partial charge is 0.258 e. The summed E-state index contributed by atoms with van der Waals surface area (Å²) in [5, 5.41) is 16.7. The standard InChI is InChI=1S/C29H29N5O4S/c1-33-14-16-34(17-15-33)23-9-7-22(8-10-23)31-19-27-26-18-21(6-13-25(26)28(35)32-29(27)36)3-2-20-4-11-24(12-5-20)39(30,37)38/h2-13,18-19H,14-17H2,1H3,(H2,30,37,38)(H2,32,35,36). The maximum Gasteiger partial charge on any atom is 0.258 e. The zero-order valence-corrected chi connectivity index (χ0v) is 22.2. The Kier molecular flexibility index (Phi) is 7.34. The number of hydrogen-bond acceptors (Lipinski definition) is 7. The van der Waals surface area contributed by atoms with Gasteiger partial charge in [-0.05, 0) is 66.7 Å². The lowest BCUT2D eigenvalue weighted by atomic mass is 10.0. The zero-order chi connectivity index (χ0) is 27.6. The van der Waals surface area contributed by atoms with Gasteiger partial charge in [0.05, 0.1) is 16.1 Å². The van der Waals surface area contributed by atoms with Crippen LogP contribution in [0.15, 0.2) is 81.4 Å². The molecule has 39 heavy (non-hydrogen) atoms. The number of nitrogens with two attached hydrogens (primary N) is 1. The molecule has 1 aromatic heterocycles. The Bertz CT molecular complexity index is 1720. The van der Waals surface area contributed by atoms with E-state index in [1.54, 1.807) is 36.5 Å². The highest BCUT2D eigenvalue weighted by molar-refractivity contribution is 7.89. The van der Waals surface area contributed by atoms with Crippen molar-refractivity contribution in [1.82, 2.24) is 9.88 Å². The number of fused-ring (bicyclic) bond motifs is 1. The first-order chi connectivity index (χ1) is 18.7. The molecule has 4 aromatic rings. The minimum Gasteiger partial charge on any atom is -0.494 e. The van der Waals surface area contributed by atoms with Gasteiger partial charge in [0.15, 0.2) is 0 Å². The van der Waals surface area contributed by atoms with Gasteiger partial charge in [-0.1, -0.05) is 30.4 Å². The minimum absolute atomic E-state index is 0.0398. The van der Waals surface area contributed by atoms with Crippen LogP contribution in [-0.4, -0.2) is 62.8 Å². The quantitative estimate of drug-likeness (QED) is 0.252. The van der Waals surface area contributed by atoms with E-state index in [4.69, 9.17) is 5.14 Å². The Morgan fingerprint density at radius 2 is 1.54 bits per heavy atom. The van der Waals surface area contributed by atoms with E-state index in [1.807, 2.05) is 36.4 Å². The molecule has 0 amide bonds. The van der Waals surface area contributed by atoms with Crippen LogP contribution in [0.5, 0.6) is 5.88 Å². The Morgan fingerprint density at radius 3 is 2.21 bits per heavy atom. The summed E-state index contributed by atoms with van der Waals surface area (Å²) in [6, 6.07) is 19.4. The summed E-state index contributed by atoms with van der Waals surface area (Å²) in [6.45, 7) is 4.02. The van der Waals surface area contributed by atoms with E-state index >= 15 is 0 Å². The van der Waals surface area contributed by atoms with Gasteiger partial charge >= 0.3 is 0 Å². The number of aliphatic imine (C=N–C) groups is 1. The molecule has 0 aliphatic carbocycles. The Hall–Kier alpha value is -4.25. The van der Waals surface area contributed by atoms with Crippen LogP contribution in [0.3, 0.4) is 0 Å². The number of likely N-dealkylation sites (N-methyl/N-ethyl adjacent to an activating group) is 1. The molecule has 2 heterocycles. The number of benzene rings is 3. The van der Waals surface area contributed by atoms with Gasteiger partial charge in [0.25, 0.3) is 5.56 Å². The molecule has 5 rings (SSSR count). The first-order valence-corrected chi connectivity index (χ1v) is 14.0. The van der Waals surface area contributed by atoms with E-state index in [9.17, 15) is 18.3 Å². The maximum absolute atomic E-state index is 12.5. The molecule has 0 atom stereocenters. The fourth-order valence-electron chi connectivity index (χ4n) is 4.50. The number of piperazine rings is 1. The van der Waals surface area contributed by atoms with E-state index < -0.39 is 15.6 Å². The van der Waals surface area contributed by atoms with Crippen LogP contribution in [0.2, 0.25) is 0 Å². The van der Waals surface area contributed by atoms with Crippen molar-refractivity contribution >= 4 is 50.5 Å². The number of hydrogen-bond donors (Lipinski definition) is 3. The molecule has 1 fully saturated rings. The molecule has 0 saturated carbocycles. The summed E-state index contributed by atoms with van der Waals surface area (Å²) in [5.74, 6) is -0.259. The topological polar surface area (TPSA) is 132 Å². The fraction of sp³-hybridized carbons (Fsp3) is 0.172. The molecule has 9 nitrogen and oxygen atoms in total. The highest BCUT2D eigenvalue weighted by atomic mass is 32.2. The molecule has 0 unspecified atom stereocenters. The molecule has 3 aromatic carbocycles. The third-order valence-corrected chi connectivity index (χ3v) is 7.73. The molecule has 10 heteroatoms. The zero-order valence-electron chi connectivity index (χ0n) is 21.4. The van der Waals surface area contributed by atoms with Crippen molar-refractivity contribution in [3.8, 4) is 5.88 Å². The van der Waals surface area contributed by atoms with Gasteiger partial charge in [-0.25, -0.2) is 13.6 Å². The lowest BCUT2D eigenvalue weighted by Gasteiger charge is -2.34. The van der Waals surface area contributed by atoms with Crippen molar-refractivity contribution in [1.29, 1.82) is 0 Å². The van der Waals surface area contributed by atoms with Gasteiger partial charge in [0, 0.05) is 48.9 Å². The van der Waals surface area contributed by atoms with Crippen LogP contribution in [0.25, 0.3) is 22.9 Å². The largest absolute Gasteiger partial charge is 0.494 e. The highest BCUT2D eigenvalue weighted by Gasteiger charge is 2.14. The van der Waals surface area contributed by atoms with Crippen LogP contribution in [0, 0.1) is 0 Å². The molecule has 0 bridgehead atoms. The third-order valence-electron chi connectivity index (χ3n) is 6.80. The number of rotatable bonds is 6. The summed E-state index contributed by atoms with van der Waals surface area (Å²) in [4.78, 5) is 24.2. The molecular weight excluding hydrogens is 514 g/mol. The van der Waals surface area contributed by atoms with Gasteiger partial charge in [-0.2, -0.15) is 0 Å². The molecule has 1 saturated heterocycles. The number of pyridine rings is 1. The second-order valence-corrected chi connectivity index (χ2v) is 11.1. The highest BCUT2D eigenvalue weighted by Crippen LogP contribution is 2.25. The van der Waals surface area contributed by atoms with Crippen molar-refractivity contribution in [3.05, 3.63) is 93.8 Å². The molecule has 4 N–H and O–H groups in total. The second kappa shape index (κ2) is 10.9. The SMILES string of the molecule is CN1CCN(c2ccc(N=Cc3c(O)[nH]c(=O)c4ccc(C=Cc5ccc(S(N)(=O)=O)cc5)cc34)cc2)CC1. The van der Waals surface area contributed by atoms with Gasteiger partial charge in [0.1, 0.15) is 0 Å². The monoisotopic (exact) mass is 543 g/mol. The average Bonchev–Trinajstić information content (AvgIpc) is 2.92. The number of anilines is 1. The van der Waals surface area contributed by atoms with Crippen molar-refractivity contribution in [2.24, 2.45) is 10.1 Å². The normalized spacial score (nSPS) is 15.1. The summed E-state index contributed by atoms with van der Waals surface area (Å²) in [6.07, 6.45) is 5.20. The van der Waals surface area contributed by atoms with Crippen LogP contribution in [0.4, 0.5) is 11.4 Å². The van der Waals surface area contributed by atoms with Crippen LogP contribution >= 0.6 is 0 Å². The number of primary sulfonamides is 1. The van der Waals surface area contributed by atoms with Gasteiger partial charge in [-0.15, -0.1) is 0 Å². The molecule has 0 radical (unpaired) electrons. The summed E-state index contributed by atoms with van der Waals surface area (Å²) in [7, 11) is -1.63. The number of aromatic nitrogens is 1. The Balaban J connectivity index is 1.41. The Labute approximate surface area is 226 Å². The van der Waals surface area contributed by atoms with Crippen LogP contribution in [0.1, 0.15) is 16.7 Å². The summed E-state index contributed by atoms with van der Waals surface area (Å²) in [5.41, 5.74) is 3.44. The lowest BCUT2D eigenvalue weighted by Crippen LogP contribution is -2.44. The average molecular weight is 544 g/mol. The molecule has 0 spiro atoms. The van der Waals surface area contributed by atoms with Crippen molar-refractivity contribution in [3.63, 3.8) is 0 Å². The van der Waals surface area contributed by atoms with Crippen molar-refractivity contribution in [2.75, 3.05) is 38.1 Å². The van der Waals surface area contributed by atoms with Crippen LogP contribution < -0.4 is 15.6 Å². The number of H-pyrrole nitrogens is 1. The first-order valence-electron chi connectivity index (χ1n) is 12.4. The van der Waals surface area contributed by atoms with E-state index in [1.165, 1.54) is 12.1 Å². The van der Waals surface area contributed by atoms with Gasteiger partial charge in [-0.3, -0.25) is 14.8 Å². The van der Waals surface area contributed by atoms with Crippen molar-refractivity contribution in [2.45, 2.75) is 4.90 Å². The minimum atomic E-state index is -3.76. The predicted molar refractivity (Wildman–Crippen MR) is 156 cm³/mol. The lowest BCUT2D eigenvalue weighted by molar-refractivity contribution is 0.313. The number of aromatic hydroxyl groups is 1. The Morgan fingerprint density at radius 1 is 0.897 bits per heavy atom. The maximum atomic E-state index is 12.5. The molecular formula is C29H29N5O4S. The van der Waals surface area contributed by atoms with Gasteiger partial charge in [0.2, 0.25) is 15.9 Å². The van der Waals surface area contributed by atoms with E-state index in [0.717, 1.165) is 48.7 Å². The van der Waals surface area contributed by atoms with Crippen molar-refractivity contribution < 1.29 is 13.5 Å². The third kappa shape index (κ3) is 6.09. The molecule has 200 valence electrons. The molecule has 1 aliphatic heterocycles. The van der Waals surface area contributed by atoms with Crippen LogP contribution in [-0.2, 0) is 10.0 Å². The molecule has 1 aliphatic rings. The number of nitrogens with zero attached hydrogens (tertiary/aromatic N) is 3. The summed E-state index contributed by atoms with van der Waals surface area (Å²) < 4.78 is 22.9.